The molecule has 1 unspecified atom stereocenters. The summed E-state index contributed by atoms with van der Waals surface area (Å²) >= 11 is 0. The first-order chi connectivity index (χ1) is 10.7. The zero-order chi connectivity index (χ0) is 15.4. The van der Waals surface area contributed by atoms with Gasteiger partial charge in [-0.1, -0.05) is 30.3 Å². The van der Waals surface area contributed by atoms with Crippen LogP contribution in [0.2, 0.25) is 0 Å². The maximum atomic E-state index is 10.2. The second kappa shape index (κ2) is 10.1. The minimum atomic E-state index is -0.449. The molecular formula is C18H26Cl2N2O2. The highest BCUT2D eigenvalue weighted by molar-refractivity contribution is 5.85. The Kier molecular flexibility index (Phi) is 8.81. The second-order valence-electron chi connectivity index (χ2n) is 6.08. The predicted molar refractivity (Wildman–Crippen MR) is 104 cm³/mol. The molecule has 1 atom stereocenters. The van der Waals surface area contributed by atoms with Gasteiger partial charge in [0.15, 0.2) is 0 Å². The average molecular weight is 373 g/mol. The summed E-state index contributed by atoms with van der Waals surface area (Å²) in [6.07, 6.45) is -0.449. The van der Waals surface area contributed by atoms with E-state index in [1.165, 1.54) is 5.39 Å². The van der Waals surface area contributed by atoms with Crippen LogP contribution in [-0.4, -0.2) is 67.4 Å². The zero-order valence-corrected chi connectivity index (χ0v) is 15.6. The number of likely N-dealkylation sites (N-methyl/N-ethyl adjacent to an activating group) is 1. The summed E-state index contributed by atoms with van der Waals surface area (Å²) in [5.41, 5.74) is 0. The van der Waals surface area contributed by atoms with Gasteiger partial charge in [0.05, 0.1) is 0 Å². The number of hydrogen-bond acceptors (Lipinski definition) is 4. The van der Waals surface area contributed by atoms with Gasteiger partial charge < -0.3 is 14.7 Å². The van der Waals surface area contributed by atoms with Crippen molar-refractivity contribution in [2.45, 2.75) is 6.10 Å². The summed E-state index contributed by atoms with van der Waals surface area (Å²) in [6.45, 7) is 5.19. The molecule has 2 aromatic carbocycles. The van der Waals surface area contributed by atoms with E-state index in [1.807, 2.05) is 24.3 Å². The van der Waals surface area contributed by atoms with E-state index in [0.717, 1.165) is 37.3 Å². The fraction of sp³-hybridized carbons (Fsp3) is 0.444. The number of piperazine rings is 1. The highest BCUT2D eigenvalue weighted by Gasteiger charge is 2.17. The summed E-state index contributed by atoms with van der Waals surface area (Å²) in [5, 5.41) is 12.5. The molecule has 1 saturated heterocycles. The maximum Gasteiger partial charge on any atom is 0.120 e. The molecule has 1 N–H and O–H groups in total. The summed E-state index contributed by atoms with van der Waals surface area (Å²) < 4.78 is 5.75. The molecule has 0 radical (unpaired) electrons. The van der Waals surface area contributed by atoms with E-state index < -0.39 is 6.10 Å². The monoisotopic (exact) mass is 372 g/mol. The topological polar surface area (TPSA) is 35.9 Å². The van der Waals surface area contributed by atoms with Gasteiger partial charge in [0.2, 0.25) is 0 Å². The highest BCUT2D eigenvalue weighted by atomic mass is 35.5. The average Bonchev–Trinajstić information content (AvgIpc) is 2.55. The first-order valence-corrected chi connectivity index (χ1v) is 7.91. The van der Waals surface area contributed by atoms with Crippen LogP contribution in [0.3, 0.4) is 0 Å². The van der Waals surface area contributed by atoms with E-state index in [0.29, 0.717) is 13.2 Å². The first-order valence-electron chi connectivity index (χ1n) is 7.91. The van der Waals surface area contributed by atoms with E-state index in [4.69, 9.17) is 4.74 Å². The maximum absolute atomic E-state index is 10.2. The number of β-amino-alcohol motifs (C(OH)–C–C–N with tert-alkyl or cyclic N) is 1. The Balaban J connectivity index is 0.00000144. The lowest BCUT2D eigenvalue weighted by molar-refractivity contribution is 0.0505. The smallest absolute Gasteiger partial charge is 0.120 e. The Bertz CT molecular complexity index is 619. The lowest BCUT2D eigenvalue weighted by Gasteiger charge is -2.33. The molecule has 0 aromatic heterocycles. The molecule has 0 aliphatic carbocycles. The van der Waals surface area contributed by atoms with Gasteiger partial charge in [-0.25, -0.2) is 0 Å². The lowest BCUT2D eigenvalue weighted by atomic mass is 10.1. The van der Waals surface area contributed by atoms with Gasteiger partial charge in [-0.15, -0.1) is 24.8 Å². The molecule has 0 amide bonds. The molecule has 2 aromatic rings. The molecule has 6 heteroatoms. The van der Waals surface area contributed by atoms with Crippen LogP contribution < -0.4 is 4.74 Å². The van der Waals surface area contributed by atoms with Gasteiger partial charge >= 0.3 is 0 Å². The van der Waals surface area contributed by atoms with Crippen LogP contribution in [0, 0.1) is 0 Å². The number of hydrogen-bond donors (Lipinski definition) is 1. The first kappa shape index (κ1) is 21.0. The third-order valence-corrected chi connectivity index (χ3v) is 4.23. The number of aliphatic hydroxyl groups excluding tert-OH is 1. The van der Waals surface area contributed by atoms with Gasteiger partial charge in [0.1, 0.15) is 18.5 Å². The molecule has 0 spiro atoms. The molecule has 0 saturated carbocycles. The van der Waals surface area contributed by atoms with Crippen molar-refractivity contribution < 1.29 is 9.84 Å². The van der Waals surface area contributed by atoms with E-state index in [2.05, 4.69) is 35.0 Å². The van der Waals surface area contributed by atoms with Gasteiger partial charge in [-0.2, -0.15) is 0 Å². The molecule has 1 aliphatic rings. The van der Waals surface area contributed by atoms with Crippen LogP contribution in [0.4, 0.5) is 0 Å². The van der Waals surface area contributed by atoms with E-state index >= 15 is 0 Å². The van der Waals surface area contributed by atoms with Crippen molar-refractivity contribution in [2.24, 2.45) is 0 Å². The quantitative estimate of drug-likeness (QED) is 0.874. The molecule has 0 bridgehead atoms. The van der Waals surface area contributed by atoms with Crippen molar-refractivity contribution in [2.75, 3.05) is 46.4 Å². The highest BCUT2D eigenvalue weighted by Crippen LogP contribution is 2.20. The molecule has 3 rings (SSSR count). The lowest BCUT2D eigenvalue weighted by Crippen LogP contribution is -2.47. The van der Waals surface area contributed by atoms with Crippen molar-refractivity contribution in [1.29, 1.82) is 0 Å². The van der Waals surface area contributed by atoms with Crippen LogP contribution in [0.25, 0.3) is 10.8 Å². The molecule has 4 nitrogen and oxygen atoms in total. The van der Waals surface area contributed by atoms with Crippen molar-refractivity contribution in [3.05, 3.63) is 42.5 Å². The standard InChI is InChI=1S/C18H24N2O2.2ClH/c1-19-8-10-20(11-9-19)13-17(21)14-22-18-7-6-15-4-2-3-5-16(15)12-18;;/h2-7,12,17,21H,8-11,13-14H2,1H3;2*1H. The van der Waals surface area contributed by atoms with Crippen LogP contribution in [0.15, 0.2) is 42.5 Å². The molecule has 1 heterocycles. The fourth-order valence-corrected chi connectivity index (χ4v) is 2.83. The van der Waals surface area contributed by atoms with Crippen LogP contribution in [-0.2, 0) is 0 Å². The Hall–Kier alpha value is -1.04. The zero-order valence-electron chi connectivity index (χ0n) is 13.9. The Morgan fingerprint density at radius 1 is 1.00 bits per heavy atom. The molecule has 1 aliphatic heterocycles. The SMILES string of the molecule is CN1CCN(CC(O)COc2ccc3ccccc3c2)CC1.Cl.Cl. The van der Waals surface area contributed by atoms with Crippen molar-refractivity contribution in [1.82, 2.24) is 9.80 Å². The van der Waals surface area contributed by atoms with Crippen LogP contribution >= 0.6 is 24.8 Å². The molecule has 1 fully saturated rings. The Labute approximate surface area is 156 Å². The summed E-state index contributed by atoms with van der Waals surface area (Å²) in [5.74, 6) is 0.816. The van der Waals surface area contributed by atoms with Gasteiger partial charge in [0, 0.05) is 32.7 Å². The number of ether oxygens (including phenoxy) is 1. The van der Waals surface area contributed by atoms with E-state index in [1.54, 1.807) is 0 Å². The second-order valence-corrected chi connectivity index (χ2v) is 6.08. The molecule has 24 heavy (non-hydrogen) atoms. The van der Waals surface area contributed by atoms with Crippen LogP contribution in [0.5, 0.6) is 5.75 Å². The summed E-state index contributed by atoms with van der Waals surface area (Å²) in [4.78, 5) is 4.61. The molecular weight excluding hydrogens is 347 g/mol. The van der Waals surface area contributed by atoms with Crippen molar-refractivity contribution >= 4 is 35.6 Å². The number of halogens is 2. The number of aliphatic hydroxyl groups is 1. The fourth-order valence-electron chi connectivity index (χ4n) is 2.83. The Morgan fingerprint density at radius 2 is 1.67 bits per heavy atom. The number of fused-ring (bicyclic) bond motifs is 1. The molecule has 134 valence electrons. The van der Waals surface area contributed by atoms with Gasteiger partial charge in [-0.3, -0.25) is 4.90 Å². The van der Waals surface area contributed by atoms with Crippen molar-refractivity contribution in [3.8, 4) is 5.75 Å². The summed E-state index contributed by atoms with van der Waals surface area (Å²) in [7, 11) is 2.14. The van der Waals surface area contributed by atoms with Crippen molar-refractivity contribution in [3.63, 3.8) is 0 Å². The predicted octanol–water partition coefficient (Wildman–Crippen LogP) is 2.67. The summed E-state index contributed by atoms with van der Waals surface area (Å²) in [6, 6.07) is 14.3. The number of nitrogens with zero attached hydrogens (tertiary/aromatic N) is 2. The third kappa shape index (κ3) is 5.80. The normalized spacial score (nSPS) is 16.9. The van der Waals surface area contributed by atoms with Crippen LogP contribution in [0.1, 0.15) is 0 Å². The van der Waals surface area contributed by atoms with Gasteiger partial charge in [-0.05, 0) is 30.0 Å². The third-order valence-electron chi connectivity index (χ3n) is 4.23. The minimum absolute atomic E-state index is 0. The minimum Gasteiger partial charge on any atom is -0.491 e. The van der Waals surface area contributed by atoms with E-state index in [9.17, 15) is 5.11 Å². The number of rotatable bonds is 5. The van der Waals surface area contributed by atoms with E-state index in [-0.39, 0.29) is 24.8 Å². The Morgan fingerprint density at radius 3 is 2.38 bits per heavy atom. The largest absolute Gasteiger partial charge is 0.491 e. The number of benzene rings is 2. The van der Waals surface area contributed by atoms with Gasteiger partial charge in [0.25, 0.3) is 0 Å².